The van der Waals surface area contributed by atoms with Gasteiger partial charge >= 0.3 is 0 Å². The van der Waals surface area contributed by atoms with Crippen LogP contribution in [0.15, 0.2) is 23.0 Å². The van der Waals surface area contributed by atoms with E-state index in [4.69, 9.17) is 11.5 Å². The van der Waals surface area contributed by atoms with Crippen LogP contribution < -0.4 is 27.0 Å². The maximum atomic E-state index is 13.7. The Balaban J connectivity index is 0.00000124. The van der Waals surface area contributed by atoms with E-state index >= 15 is 0 Å². The number of aliphatic hydroxyl groups is 3. The van der Waals surface area contributed by atoms with E-state index in [9.17, 15) is 39.6 Å². The zero-order valence-electron chi connectivity index (χ0n) is 23.5. The highest BCUT2D eigenvalue weighted by atomic mass is 16.3. The van der Waals surface area contributed by atoms with Gasteiger partial charge in [-0.2, -0.15) is 0 Å². The summed E-state index contributed by atoms with van der Waals surface area (Å²) < 4.78 is 0. The molecule has 5 rings (SSSR count). The molecular formula is C28H37N5O8. The molecule has 0 aliphatic heterocycles. The SMILES string of the molecule is CN(C)c1cc(CNC(=O)C2(N)CC2)c(O)c2c1CC1C[C@H]3CC(=O)C(C(N)=O)=C(O)[C@@]3(O)C(=O)C1=C2O.CNC. The van der Waals surface area contributed by atoms with Crippen molar-refractivity contribution in [3.05, 3.63) is 39.7 Å². The summed E-state index contributed by atoms with van der Waals surface area (Å²) in [6.45, 7) is -0.0860. The molecule has 0 saturated heterocycles. The van der Waals surface area contributed by atoms with Crippen molar-refractivity contribution in [1.29, 1.82) is 0 Å². The Morgan fingerprint density at radius 2 is 1.73 bits per heavy atom. The van der Waals surface area contributed by atoms with Gasteiger partial charge in [-0.15, -0.1) is 0 Å². The molecule has 2 saturated carbocycles. The number of anilines is 1. The van der Waals surface area contributed by atoms with Gasteiger partial charge in [-0.05, 0) is 57.3 Å². The van der Waals surface area contributed by atoms with Crippen molar-refractivity contribution in [2.24, 2.45) is 23.3 Å². The fraction of sp³-hybridized carbons (Fsp3) is 0.500. The van der Waals surface area contributed by atoms with Gasteiger partial charge in [0.25, 0.3) is 5.91 Å². The summed E-state index contributed by atoms with van der Waals surface area (Å²) in [6.07, 6.45) is 0.973. The number of fused-ring (bicyclic) bond motifs is 3. The Morgan fingerprint density at radius 3 is 2.27 bits per heavy atom. The first-order valence-corrected chi connectivity index (χ1v) is 13.3. The Labute approximate surface area is 236 Å². The van der Waals surface area contributed by atoms with Crippen LogP contribution in [-0.4, -0.2) is 83.1 Å². The number of rotatable bonds is 5. The molecule has 1 aromatic rings. The zero-order valence-corrected chi connectivity index (χ0v) is 23.5. The third-order valence-corrected chi connectivity index (χ3v) is 8.28. The molecule has 0 aromatic heterocycles. The number of primary amides is 1. The van der Waals surface area contributed by atoms with Gasteiger partial charge in [0, 0.05) is 49.8 Å². The van der Waals surface area contributed by atoms with Crippen LogP contribution in [0.25, 0.3) is 5.76 Å². The van der Waals surface area contributed by atoms with E-state index in [1.165, 1.54) is 0 Å². The van der Waals surface area contributed by atoms with Crippen molar-refractivity contribution >= 4 is 34.8 Å². The summed E-state index contributed by atoms with van der Waals surface area (Å²) in [5.41, 5.74) is 7.98. The van der Waals surface area contributed by atoms with Crippen molar-refractivity contribution in [3.8, 4) is 5.75 Å². The number of benzene rings is 1. The van der Waals surface area contributed by atoms with Crippen LogP contribution in [0.1, 0.15) is 42.4 Å². The number of nitrogens with two attached hydrogens (primary N) is 2. The lowest BCUT2D eigenvalue weighted by molar-refractivity contribution is -0.147. The summed E-state index contributed by atoms with van der Waals surface area (Å²) in [4.78, 5) is 52.1. The molecule has 2 amide bonds. The van der Waals surface area contributed by atoms with E-state index in [2.05, 4.69) is 10.6 Å². The lowest BCUT2D eigenvalue weighted by atomic mass is 9.59. The molecule has 0 radical (unpaired) electrons. The second kappa shape index (κ2) is 10.5. The zero-order chi connectivity index (χ0) is 30.6. The maximum absolute atomic E-state index is 13.7. The summed E-state index contributed by atoms with van der Waals surface area (Å²) in [6, 6.07) is 1.68. The number of carbonyl (C=O) groups is 4. The third kappa shape index (κ3) is 4.73. The Hall–Kier alpha value is -3.94. The maximum Gasteiger partial charge on any atom is 0.255 e. The number of phenolic OH excluding ortho intramolecular Hbond substituents is 1. The van der Waals surface area contributed by atoms with Gasteiger partial charge in [0.05, 0.1) is 11.1 Å². The number of hydrogen-bond acceptors (Lipinski definition) is 11. The molecule has 0 bridgehead atoms. The minimum Gasteiger partial charge on any atom is -0.508 e. The monoisotopic (exact) mass is 571 g/mol. The van der Waals surface area contributed by atoms with Gasteiger partial charge in [0.2, 0.25) is 11.7 Å². The van der Waals surface area contributed by atoms with Crippen LogP contribution in [0, 0.1) is 11.8 Å². The molecule has 222 valence electrons. The fourth-order valence-corrected chi connectivity index (χ4v) is 5.97. The molecule has 4 aliphatic carbocycles. The number of aliphatic hydroxyl groups excluding tert-OH is 2. The summed E-state index contributed by atoms with van der Waals surface area (Å²) in [5.74, 6) is -7.18. The molecule has 41 heavy (non-hydrogen) atoms. The Morgan fingerprint density at radius 1 is 1.12 bits per heavy atom. The van der Waals surface area contributed by atoms with E-state index in [1.54, 1.807) is 25.1 Å². The summed E-state index contributed by atoms with van der Waals surface area (Å²) >= 11 is 0. The predicted octanol–water partition coefficient (Wildman–Crippen LogP) is -0.567. The Bertz CT molecular complexity index is 1410. The average Bonchev–Trinajstić information content (AvgIpc) is 3.64. The molecule has 3 atom stereocenters. The second-order valence-electron chi connectivity index (χ2n) is 11.4. The Kier molecular flexibility index (Phi) is 7.67. The lowest BCUT2D eigenvalue weighted by Crippen LogP contribution is -2.58. The van der Waals surface area contributed by atoms with E-state index in [-0.39, 0.29) is 54.2 Å². The first-order chi connectivity index (χ1) is 19.1. The molecule has 1 aromatic carbocycles. The highest BCUT2D eigenvalue weighted by Crippen LogP contribution is 2.53. The third-order valence-electron chi connectivity index (χ3n) is 8.28. The van der Waals surface area contributed by atoms with Gasteiger partial charge < -0.3 is 47.4 Å². The lowest BCUT2D eigenvalue weighted by Gasteiger charge is -2.46. The van der Waals surface area contributed by atoms with Crippen molar-refractivity contribution in [2.45, 2.75) is 49.8 Å². The molecule has 0 heterocycles. The largest absolute Gasteiger partial charge is 0.508 e. The molecule has 13 nitrogen and oxygen atoms in total. The highest BCUT2D eigenvalue weighted by Gasteiger charge is 2.60. The van der Waals surface area contributed by atoms with Crippen LogP contribution in [0.4, 0.5) is 5.69 Å². The van der Waals surface area contributed by atoms with E-state index in [0.29, 0.717) is 24.1 Å². The number of phenols is 1. The molecule has 0 spiro atoms. The van der Waals surface area contributed by atoms with Crippen molar-refractivity contribution < 1.29 is 39.6 Å². The topological polar surface area (TPSA) is 229 Å². The number of aromatic hydroxyl groups is 1. The van der Waals surface area contributed by atoms with E-state index in [1.807, 2.05) is 14.1 Å². The number of Topliss-reactive ketones (excluding diaryl/α,β-unsaturated/α-hetero) is 2. The molecule has 10 N–H and O–H groups in total. The van der Waals surface area contributed by atoms with Gasteiger partial charge in [-0.1, -0.05) is 0 Å². The molecule has 13 heteroatoms. The number of nitrogens with one attached hydrogen (secondary N) is 2. The molecule has 4 aliphatic rings. The average molecular weight is 572 g/mol. The van der Waals surface area contributed by atoms with Gasteiger partial charge in [-0.25, -0.2) is 0 Å². The predicted molar refractivity (Wildman–Crippen MR) is 149 cm³/mol. The van der Waals surface area contributed by atoms with Gasteiger partial charge in [0.1, 0.15) is 22.8 Å². The molecule has 2 fully saturated rings. The fourth-order valence-electron chi connectivity index (χ4n) is 5.97. The van der Waals surface area contributed by atoms with Crippen LogP contribution in [0.2, 0.25) is 0 Å². The second-order valence-corrected chi connectivity index (χ2v) is 11.4. The summed E-state index contributed by atoms with van der Waals surface area (Å²) in [5, 5.41) is 50.1. The number of nitrogens with zero attached hydrogens (tertiary/aromatic N) is 1. The van der Waals surface area contributed by atoms with Crippen LogP contribution >= 0.6 is 0 Å². The van der Waals surface area contributed by atoms with Crippen molar-refractivity contribution in [2.75, 3.05) is 33.1 Å². The van der Waals surface area contributed by atoms with Crippen LogP contribution in [-0.2, 0) is 32.1 Å². The standard InChI is InChI=1S/C26H30N4O8.C2H7N/c1-30(2)14-7-11(9-29-24(37)25(28)3-4-25)19(32)17-13(14)6-10-5-12-8-15(31)18(23(27)36)22(35)26(12,38)21(34)16(10)20(17)33;1-3-2/h7,10,12,32-33,35,38H,3-6,8-9,28H2,1-2H3,(H2,27,36)(H,29,37);3H,1-2H3/t10?,12-,26-;/m0./s1. The quantitative estimate of drug-likeness (QED) is 0.209. The van der Waals surface area contributed by atoms with Crippen molar-refractivity contribution in [1.82, 2.24) is 10.6 Å². The highest BCUT2D eigenvalue weighted by molar-refractivity contribution is 6.22. The van der Waals surface area contributed by atoms with E-state index in [0.717, 1.165) is 0 Å². The van der Waals surface area contributed by atoms with E-state index < -0.39 is 57.5 Å². The number of ketones is 2. The van der Waals surface area contributed by atoms with Gasteiger partial charge in [0.15, 0.2) is 11.4 Å². The first kappa shape index (κ1) is 30.0. The number of carbonyl (C=O) groups excluding carboxylic acids is 4. The number of amides is 2. The van der Waals surface area contributed by atoms with Crippen LogP contribution in [0.5, 0.6) is 5.75 Å². The first-order valence-electron chi connectivity index (χ1n) is 13.3. The minimum absolute atomic E-state index is 0.0264. The summed E-state index contributed by atoms with van der Waals surface area (Å²) in [7, 11) is 7.28. The number of hydrogen-bond donors (Lipinski definition) is 8. The van der Waals surface area contributed by atoms with Gasteiger partial charge in [-0.3, -0.25) is 19.2 Å². The van der Waals surface area contributed by atoms with Crippen molar-refractivity contribution in [3.63, 3.8) is 0 Å². The van der Waals surface area contributed by atoms with Crippen LogP contribution in [0.3, 0.4) is 0 Å². The smallest absolute Gasteiger partial charge is 0.255 e. The normalized spacial score (nSPS) is 25.8. The molecular weight excluding hydrogens is 534 g/mol. The minimum atomic E-state index is -2.62. The molecule has 1 unspecified atom stereocenters.